The topological polar surface area (TPSA) is 269 Å². The molecule has 0 radical (unpaired) electrons. The van der Waals surface area contributed by atoms with E-state index in [1.165, 1.54) is 13.0 Å². The third-order valence-electron chi connectivity index (χ3n) is 7.71. The number of phenols is 4. The van der Waals surface area contributed by atoms with Crippen LogP contribution in [0.5, 0.6) is 28.7 Å². The van der Waals surface area contributed by atoms with E-state index >= 15 is 0 Å². The fourth-order valence-corrected chi connectivity index (χ4v) is 5.10. The first-order chi connectivity index (χ1) is 20.8. The average molecular weight is 625 g/mol. The largest absolute Gasteiger partial charge is 0.508 e. The van der Waals surface area contributed by atoms with Crippen molar-refractivity contribution in [2.24, 2.45) is 5.92 Å². The van der Waals surface area contributed by atoms with Crippen LogP contribution < -0.4 is 10.2 Å². The minimum Gasteiger partial charge on any atom is -0.508 e. The minimum atomic E-state index is -1.96. The molecule has 16 heteroatoms. The van der Waals surface area contributed by atoms with Gasteiger partial charge in [0.05, 0.1) is 19.3 Å². The van der Waals surface area contributed by atoms with E-state index in [0.717, 1.165) is 24.3 Å². The van der Waals surface area contributed by atoms with Gasteiger partial charge in [-0.15, -0.1) is 0 Å². The Hall–Kier alpha value is -3.71. The first kappa shape index (κ1) is 31.7. The second kappa shape index (κ2) is 12.4. The molecule has 44 heavy (non-hydrogen) atoms. The van der Waals surface area contributed by atoms with Crippen molar-refractivity contribution < 1.29 is 74.4 Å². The van der Waals surface area contributed by atoms with Crippen LogP contribution in [0.1, 0.15) is 6.92 Å². The lowest BCUT2D eigenvalue weighted by atomic mass is 9.91. The predicted octanol–water partition coefficient (Wildman–Crippen LogP) is -1.44. The maximum atomic E-state index is 13.6. The van der Waals surface area contributed by atoms with Crippen molar-refractivity contribution in [3.8, 4) is 40.1 Å². The minimum absolute atomic E-state index is 0.0268. The third-order valence-corrected chi connectivity index (χ3v) is 7.71. The fourth-order valence-electron chi connectivity index (χ4n) is 5.10. The molecule has 1 aromatic heterocycles. The molecule has 0 spiro atoms. The highest BCUT2D eigenvalue weighted by atomic mass is 16.7. The normalized spacial score (nSPS) is 32.5. The standard InChI is InChI=1S/C28H32O16/c1-9-19(34)16(7-29)42-27(20(9)35)40-8-17-21(36)23(38)24(39)28(43-17)44-26-22(37)18-14(33)5-11(30)6-15(18)41-25(26)10-2-3-12(31)13(32)4-10/h2-6,9,16-17,19-21,23-24,27-36,38-39H,7-8H2,1H3/t9-,16+,17+,19-,20+,21+,23-,24+,27+,28-/m0/s1. The molecule has 10 N–H and O–H groups in total. The Bertz CT molecular complexity index is 1550. The number of ether oxygens (including phenoxy) is 4. The number of aliphatic hydroxyl groups is 6. The van der Waals surface area contributed by atoms with Crippen LogP contribution in [0.15, 0.2) is 39.5 Å². The Morgan fingerprint density at radius 2 is 1.48 bits per heavy atom. The Morgan fingerprint density at radius 1 is 0.773 bits per heavy atom. The van der Waals surface area contributed by atoms with Gasteiger partial charge in [0.1, 0.15) is 59.1 Å². The summed E-state index contributed by atoms with van der Waals surface area (Å²) in [5, 5.41) is 102. The summed E-state index contributed by atoms with van der Waals surface area (Å²) in [4.78, 5) is 13.6. The van der Waals surface area contributed by atoms with Crippen LogP contribution in [0.25, 0.3) is 22.3 Å². The highest BCUT2D eigenvalue weighted by Gasteiger charge is 2.47. The van der Waals surface area contributed by atoms with Gasteiger partial charge in [-0.3, -0.25) is 4.79 Å². The number of benzene rings is 2. The zero-order chi connectivity index (χ0) is 32.0. The first-order valence-electron chi connectivity index (χ1n) is 13.5. The number of rotatable bonds is 7. The quantitative estimate of drug-likeness (QED) is 0.135. The van der Waals surface area contributed by atoms with Gasteiger partial charge in [0.25, 0.3) is 0 Å². The highest BCUT2D eigenvalue weighted by Crippen LogP contribution is 2.39. The summed E-state index contributed by atoms with van der Waals surface area (Å²) < 4.78 is 28.0. The highest BCUT2D eigenvalue weighted by molar-refractivity contribution is 5.88. The van der Waals surface area contributed by atoms with E-state index in [-0.39, 0.29) is 11.1 Å². The summed E-state index contributed by atoms with van der Waals surface area (Å²) in [5.41, 5.74) is -1.33. The van der Waals surface area contributed by atoms with Gasteiger partial charge >= 0.3 is 0 Å². The summed E-state index contributed by atoms with van der Waals surface area (Å²) in [7, 11) is 0. The fraction of sp³-hybridized carbons (Fsp3) is 0.464. The molecule has 240 valence electrons. The molecule has 0 saturated carbocycles. The van der Waals surface area contributed by atoms with Crippen molar-refractivity contribution in [1.29, 1.82) is 0 Å². The Kier molecular flexibility index (Phi) is 8.90. The molecule has 2 aliphatic rings. The summed E-state index contributed by atoms with van der Waals surface area (Å²) >= 11 is 0. The number of aliphatic hydroxyl groups excluding tert-OH is 6. The van der Waals surface area contributed by atoms with E-state index in [1.807, 2.05) is 0 Å². The molecule has 0 aliphatic carbocycles. The molecule has 2 aromatic carbocycles. The number of hydrogen-bond acceptors (Lipinski definition) is 16. The Labute approximate surface area is 247 Å². The van der Waals surface area contributed by atoms with Gasteiger partial charge in [-0.2, -0.15) is 0 Å². The number of phenolic OH excluding ortho intramolecular Hbond substituents is 4. The monoisotopic (exact) mass is 624 g/mol. The van der Waals surface area contributed by atoms with Crippen molar-refractivity contribution in [2.45, 2.75) is 62.2 Å². The molecule has 5 rings (SSSR count). The van der Waals surface area contributed by atoms with Crippen LogP contribution in [0.3, 0.4) is 0 Å². The van der Waals surface area contributed by atoms with E-state index < -0.39 is 120 Å². The Balaban J connectivity index is 1.47. The van der Waals surface area contributed by atoms with Gasteiger partial charge < -0.3 is 74.4 Å². The van der Waals surface area contributed by atoms with Crippen LogP contribution in [-0.4, -0.2) is 120 Å². The SMILES string of the molecule is C[C@@H]1[C@@H](O)[C@H](OC[C@H]2O[C@@H](Oc3c(-c4ccc(O)c(O)c4)oc4cc(O)cc(O)c4c3=O)[C@H](O)[C@@H](O)[C@@H]2O)O[C@H](CO)[C@H]1O. The zero-order valence-electron chi connectivity index (χ0n) is 23.0. The summed E-state index contributed by atoms with van der Waals surface area (Å²) in [6.45, 7) is 0.358. The molecule has 3 aromatic rings. The maximum absolute atomic E-state index is 13.6. The van der Waals surface area contributed by atoms with E-state index in [2.05, 4.69) is 0 Å². The zero-order valence-corrected chi connectivity index (χ0v) is 23.0. The molecule has 10 atom stereocenters. The van der Waals surface area contributed by atoms with Crippen molar-refractivity contribution in [1.82, 2.24) is 0 Å². The molecule has 16 nitrogen and oxygen atoms in total. The predicted molar refractivity (Wildman–Crippen MR) is 145 cm³/mol. The van der Waals surface area contributed by atoms with Gasteiger partial charge in [0.2, 0.25) is 17.5 Å². The molecule has 2 aliphatic heterocycles. The molecule has 2 fully saturated rings. The average Bonchev–Trinajstić information content (AvgIpc) is 2.98. The number of aromatic hydroxyl groups is 4. The molecular formula is C28H32O16. The smallest absolute Gasteiger partial charge is 0.239 e. The van der Waals surface area contributed by atoms with E-state index in [0.29, 0.717) is 0 Å². The van der Waals surface area contributed by atoms with Gasteiger partial charge in [-0.25, -0.2) is 0 Å². The van der Waals surface area contributed by atoms with Crippen LogP contribution in [0, 0.1) is 5.92 Å². The molecule has 0 amide bonds. The second-order valence-electron chi connectivity index (χ2n) is 10.7. The van der Waals surface area contributed by atoms with Crippen molar-refractivity contribution in [3.05, 3.63) is 40.6 Å². The summed E-state index contributed by atoms with van der Waals surface area (Å²) in [6, 6.07) is 5.26. The molecule has 2 saturated heterocycles. The lowest BCUT2D eigenvalue weighted by molar-refractivity contribution is -0.316. The Morgan fingerprint density at radius 3 is 2.16 bits per heavy atom. The molecular weight excluding hydrogens is 592 g/mol. The third kappa shape index (κ3) is 5.74. The molecule has 0 bridgehead atoms. The maximum Gasteiger partial charge on any atom is 0.239 e. The first-order valence-corrected chi connectivity index (χ1v) is 13.5. The van der Waals surface area contributed by atoms with Gasteiger partial charge in [0.15, 0.2) is 23.5 Å². The van der Waals surface area contributed by atoms with Crippen LogP contribution in [0.4, 0.5) is 0 Å². The van der Waals surface area contributed by atoms with Crippen molar-refractivity contribution >= 4 is 11.0 Å². The summed E-state index contributed by atoms with van der Waals surface area (Å²) in [5.74, 6) is -4.08. The van der Waals surface area contributed by atoms with E-state index in [9.17, 15) is 55.9 Å². The lowest BCUT2D eigenvalue weighted by Gasteiger charge is -2.43. The van der Waals surface area contributed by atoms with Crippen molar-refractivity contribution in [3.63, 3.8) is 0 Å². The van der Waals surface area contributed by atoms with Crippen LogP contribution in [-0.2, 0) is 14.2 Å². The van der Waals surface area contributed by atoms with E-state index in [1.54, 1.807) is 0 Å². The van der Waals surface area contributed by atoms with Crippen molar-refractivity contribution in [2.75, 3.05) is 13.2 Å². The van der Waals surface area contributed by atoms with Crippen LogP contribution >= 0.6 is 0 Å². The number of fused-ring (bicyclic) bond motifs is 1. The van der Waals surface area contributed by atoms with Gasteiger partial charge in [-0.1, -0.05) is 6.92 Å². The second-order valence-corrected chi connectivity index (χ2v) is 10.7. The van der Waals surface area contributed by atoms with E-state index in [4.69, 9.17) is 23.4 Å². The number of hydrogen-bond donors (Lipinski definition) is 10. The van der Waals surface area contributed by atoms with Crippen LogP contribution in [0.2, 0.25) is 0 Å². The van der Waals surface area contributed by atoms with Gasteiger partial charge in [0, 0.05) is 23.6 Å². The molecule has 3 heterocycles. The summed E-state index contributed by atoms with van der Waals surface area (Å²) in [6.07, 6.45) is -14.0. The molecule has 0 unspecified atom stereocenters. The van der Waals surface area contributed by atoms with Gasteiger partial charge in [-0.05, 0) is 18.2 Å². The lowest BCUT2D eigenvalue weighted by Crippen LogP contribution is -2.61.